The highest BCUT2D eigenvalue weighted by Crippen LogP contribution is 2.32. The van der Waals surface area contributed by atoms with Gasteiger partial charge in [-0.3, -0.25) is 4.79 Å². The molecule has 0 N–H and O–H groups in total. The molecule has 15 heavy (non-hydrogen) atoms. The van der Waals surface area contributed by atoms with Crippen LogP contribution in [-0.2, 0) is 4.79 Å². The van der Waals surface area contributed by atoms with Crippen molar-refractivity contribution in [3.05, 3.63) is 11.6 Å². The number of allylic oxidation sites excluding steroid dienone is 2. The maximum atomic E-state index is 11.8. The van der Waals surface area contributed by atoms with Crippen molar-refractivity contribution in [2.45, 2.75) is 59.3 Å². The molecule has 1 saturated carbocycles. The molecule has 0 saturated heterocycles. The molecule has 1 heteroatoms. The number of carbonyl (C=O) groups is 1. The van der Waals surface area contributed by atoms with E-state index in [9.17, 15) is 4.79 Å². The lowest BCUT2D eigenvalue weighted by Crippen LogP contribution is -2.20. The molecule has 0 bridgehead atoms. The van der Waals surface area contributed by atoms with Crippen LogP contribution in [0.3, 0.4) is 0 Å². The molecule has 86 valence electrons. The zero-order valence-electron chi connectivity index (χ0n) is 10.4. The van der Waals surface area contributed by atoms with Crippen LogP contribution in [0.25, 0.3) is 0 Å². The van der Waals surface area contributed by atoms with Crippen LogP contribution in [0, 0.1) is 11.8 Å². The smallest absolute Gasteiger partial charge is 0.158 e. The third kappa shape index (κ3) is 4.19. The summed E-state index contributed by atoms with van der Waals surface area (Å²) in [6.45, 7) is 6.25. The van der Waals surface area contributed by atoms with Crippen LogP contribution in [0.15, 0.2) is 11.6 Å². The van der Waals surface area contributed by atoms with Crippen molar-refractivity contribution >= 4 is 5.78 Å². The topological polar surface area (TPSA) is 17.1 Å². The van der Waals surface area contributed by atoms with Crippen molar-refractivity contribution in [3.8, 4) is 0 Å². The molecule has 0 aromatic heterocycles. The summed E-state index contributed by atoms with van der Waals surface area (Å²) < 4.78 is 0. The highest BCUT2D eigenvalue weighted by molar-refractivity contribution is 5.92. The van der Waals surface area contributed by atoms with E-state index in [0.29, 0.717) is 11.7 Å². The monoisotopic (exact) mass is 208 g/mol. The average Bonchev–Trinajstić information content (AvgIpc) is 2.18. The second-order valence-corrected chi connectivity index (χ2v) is 5.13. The van der Waals surface area contributed by atoms with Crippen LogP contribution in [0.5, 0.6) is 0 Å². The molecule has 0 unspecified atom stereocenters. The molecular formula is C14H24O. The fourth-order valence-corrected chi connectivity index (χ4v) is 2.55. The summed E-state index contributed by atoms with van der Waals surface area (Å²) >= 11 is 0. The number of carbonyl (C=O) groups excluding carboxylic acids is 1. The third-order valence-electron chi connectivity index (χ3n) is 3.38. The van der Waals surface area contributed by atoms with Gasteiger partial charge in [0.2, 0.25) is 0 Å². The first-order chi connectivity index (χ1) is 7.13. The number of hydrogen-bond acceptors (Lipinski definition) is 1. The fourth-order valence-electron chi connectivity index (χ4n) is 2.55. The van der Waals surface area contributed by atoms with Crippen molar-refractivity contribution in [1.29, 1.82) is 0 Å². The minimum Gasteiger partial charge on any atom is -0.295 e. The summed E-state index contributed by atoms with van der Waals surface area (Å²) in [4.78, 5) is 11.8. The van der Waals surface area contributed by atoms with Gasteiger partial charge in [-0.2, -0.15) is 0 Å². The van der Waals surface area contributed by atoms with E-state index in [1.54, 1.807) is 0 Å². The van der Waals surface area contributed by atoms with E-state index in [0.717, 1.165) is 24.3 Å². The van der Waals surface area contributed by atoms with E-state index < -0.39 is 0 Å². The highest BCUT2D eigenvalue weighted by Gasteiger charge is 2.24. The Morgan fingerprint density at radius 2 is 1.80 bits per heavy atom. The number of ketones is 1. The largest absolute Gasteiger partial charge is 0.295 e. The maximum absolute atomic E-state index is 11.8. The molecule has 1 aliphatic carbocycles. The molecule has 1 aliphatic rings. The molecular weight excluding hydrogens is 184 g/mol. The molecule has 0 radical (unpaired) electrons. The van der Waals surface area contributed by atoms with E-state index in [1.165, 1.54) is 25.7 Å². The molecule has 0 heterocycles. The fraction of sp³-hybridized carbons (Fsp3) is 0.786. The van der Waals surface area contributed by atoms with Crippen molar-refractivity contribution < 1.29 is 4.79 Å². The molecule has 0 aromatic carbocycles. The van der Waals surface area contributed by atoms with Crippen molar-refractivity contribution in [2.24, 2.45) is 11.8 Å². The van der Waals surface area contributed by atoms with Gasteiger partial charge in [-0.05, 0) is 51.5 Å². The van der Waals surface area contributed by atoms with Gasteiger partial charge in [-0.1, -0.05) is 25.3 Å². The molecule has 0 amide bonds. The van der Waals surface area contributed by atoms with Gasteiger partial charge in [0.25, 0.3) is 0 Å². The Bertz CT molecular complexity index is 228. The summed E-state index contributed by atoms with van der Waals surface area (Å²) in [6, 6.07) is 0. The number of rotatable bonds is 4. The minimum absolute atomic E-state index is 0.327. The maximum Gasteiger partial charge on any atom is 0.158 e. The Kier molecular flexibility index (Phi) is 5.07. The molecule has 0 aliphatic heterocycles. The second kappa shape index (κ2) is 6.09. The minimum atomic E-state index is 0.327. The standard InChI is InChI=1S/C14H24O/c1-4-5-12-6-8-13(9-7-12)14(15)10-11(2)3/h10,12-13H,4-9H2,1-3H3. The molecule has 0 spiro atoms. The van der Waals surface area contributed by atoms with E-state index in [-0.39, 0.29) is 0 Å². The van der Waals surface area contributed by atoms with Gasteiger partial charge in [0, 0.05) is 5.92 Å². The van der Waals surface area contributed by atoms with E-state index in [2.05, 4.69) is 6.92 Å². The van der Waals surface area contributed by atoms with Crippen LogP contribution in [0.1, 0.15) is 59.3 Å². The van der Waals surface area contributed by atoms with Gasteiger partial charge < -0.3 is 0 Å². The Hall–Kier alpha value is -0.590. The number of hydrogen-bond donors (Lipinski definition) is 0. The predicted molar refractivity (Wildman–Crippen MR) is 64.8 cm³/mol. The van der Waals surface area contributed by atoms with Crippen LogP contribution in [0.4, 0.5) is 0 Å². The lowest BCUT2D eigenvalue weighted by molar-refractivity contribution is -0.119. The molecule has 1 rings (SSSR count). The van der Waals surface area contributed by atoms with Crippen LogP contribution < -0.4 is 0 Å². The Morgan fingerprint density at radius 3 is 2.27 bits per heavy atom. The van der Waals surface area contributed by atoms with E-state index >= 15 is 0 Å². The summed E-state index contributed by atoms with van der Waals surface area (Å²) in [5.74, 6) is 1.59. The van der Waals surface area contributed by atoms with Gasteiger partial charge in [-0.15, -0.1) is 0 Å². The highest BCUT2D eigenvalue weighted by atomic mass is 16.1. The van der Waals surface area contributed by atoms with Crippen LogP contribution in [0.2, 0.25) is 0 Å². The van der Waals surface area contributed by atoms with Crippen molar-refractivity contribution in [2.75, 3.05) is 0 Å². The average molecular weight is 208 g/mol. The first-order valence-electron chi connectivity index (χ1n) is 6.32. The van der Waals surface area contributed by atoms with Gasteiger partial charge in [0.15, 0.2) is 5.78 Å². The predicted octanol–water partition coefficient (Wildman–Crippen LogP) is 4.13. The Balaban J connectivity index is 2.37. The Morgan fingerprint density at radius 1 is 1.20 bits per heavy atom. The lowest BCUT2D eigenvalue weighted by atomic mass is 9.78. The molecule has 1 nitrogen and oxygen atoms in total. The van der Waals surface area contributed by atoms with E-state index in [4.69, 9.17) is 0 Å². The second-order valence-electron chi connectivity index (χ2n) is 5.13. The summed E-state index contributed by atoms with van der Waals surface area (Å²) in [6.07, 6.45) is 9.23. The molecule has 0 atom stereocenters. The summed E-state index contributed by atoms with van der Waals surface area (Å²) in [5.41, 5.74) is 1.13. The SMILES string of the molecule is CCCC1CCC(C(=O)C=C(C)C)CC1. The van der Waals surface area contributed by atoms with Gasteiger partial charge >= 0.3 is 0 Å². The molecule has 1 fully saturated rings. The summed E-state index contributed by atoms with van der Waals surface area (Å²) in [5, 5.41) is 0. The van der Waals surface area contributed by atoms with Crippen molar-refractivity contribution in [3.63, 3.8) is 0 Å². The quantitative estimate of drug-likeness (QED) is 0.635. The van der Waals surface area contributed by atoms with Gasteiger partial charge in [0.1, 0.15) is 0 Å². The molecule has 0 aromatic rings. The first kappa shape index (κ1) is 12.5. The zero-order valence-corrected chi connectivity index (χ0v) is 10.4. The summed E-state index contributed by atoms with van der Waals surface area (Å²) in [7, 11) is 0. The van der Waals surface area contributed by atoms with Gasteiger partial charge in [-0.25, -0.2) is 0 Å². The Labute approximate surface area is 93.9 Å². The van der Waals surface area contributed by atoms with Crippen molar-refractivity contribution in [1.82, 2.24) is 0 Å². The first-order valence-corrected chi connectivity index (χ1v) is 6.32. The normalized spacial score (nSPS) is 26.1. The van der Waals surface area contributed by atoms with Crippen LogP contribution >= 0.6 is 0 Å². The third-order valence-corrected chi connectivity index (χ3v) is 3.38. The zero-order chi connectivity index (χ0) is 11.3. The van der Waals surface area contributed by atoms with Crippen LogP contribution in [-0.4, -0.2) is 5.78 Å². The lowest BCUT2D eigenvalue weighted by Gasteiger charge is -2.26. The van der Waals surface area contributed by atoms with E-state index in [1.807, 2.05) is 19.9 Å². The van der Waals surface area contributed by atoms with Gasteiger partial charge in [0.05, 0.1) is 0 Å².